The van der Waals surface area contributed by atoms with E-state index in [9.17, 15) is 27.2 Å². The van der Waals surface area contributed by atoms with Crippen molar-refractivity contribution in [3.05, 3.63) is 124 Å². The van der Waals surface area contributed by atoms with Crippen molar-refractivity contribution in [1.29, 1.82) is 0 Å². The summed E-state index contributed by atoms with van der Waals surface area (Å²) in [5, 5.41) is 9.28. The van der Waals surface area contributed by atoms with E-state index < -0.39 is 27.8 Å². The van der Waals surface area contributed by atoms with Gasteiger partial charge in [-0.25, -0.2) is 32.3 Å². The Morgan fingerprint density at radius 2 is 1.40 bits per heavy atom. The van der Waals surface area contributed by atoms with Gasteiger partial charge in [-0.15, -0.1) is 0 Å². The fourth-order valence-electron chi connectivity index (χ4n) is 9.19. The summed E-state index contributed by atoms with van der Waals surface area (Å²) in [5.41, 5.74) is 8.72. The molecule has 6 N–H and O–H groups in total. The first-order valence-electron chi connectivity index (χ1n) is 27.8. The van der Waals surface area contributed by atoms with Gasteiger partial charge in [-0.3, -0.25) is 19.4 Å². The van der Waals surface area contributed by atoms with Gasteiger partial charge in [-0.05, 0) is 88.8 Å². The summed E-state index contributed by atoms with van der Waals surface area (Å²) < 4.78 is 81.9. The summed E-state index contributed by atoms with van der Waals surface area (Å²) in [7, 11) is -3.83. The molecule has 24 nitrogen and oxygen atoms in total. The molecule has 0 bridgehead atoms. The van der Waals surface area contributed by atoms with Crippen LogP contribution in [0.3, 0.4) is 0 Å². The number of sulfonamides is 1. The first-order valence-corrected chi connectivity index (χ1v) is 30.1. The summed E-state index contributed by atoms with van der Waals surface area (Å²) in [6, 6.07) is 18.9. The van der Waals surface area contributed by atoms with Gasteiger partial charge in [0.05, 0.1) is 118 Å². The molecule has 3 aliphatic rings. The van der Waals surface area contributed by atoms with Crippen LogP contribution in [0.5, 0.6) is 0 Å². The van der Waals surface area contributed by atoms with Crippen molar-refractivity contribution >= 4 is 78.8 Å². The molecule has 2 aliphatic heterocycles. The molecule has 3 amide bonds. The van der Waals surface area contributed by atoms with E-state index in [4.69, 9.17) is 43.9 Å². The maximum Gasteiger partial charge on any atom is 0.415 e. The van der Waals surface area contributed by atoms with Crippen LogP contribution in [-0.4, -0.2) is 175 Å². The summed E-state index contributed by atoms with van der Waals surface area (Å²) in [6.45, 7) is 13.0. The van der Waals surface area contributed by atoms with Crippen LogP contribution in [-0.2, 0) is 54.6 Å². The van der Waals surface area contributed by atoms with Crippen molar-refractivity contribution in [2.75, 3.05) is 139 Å². The molecule has 8 rings (SSSR count). The van der Waals surface area contributed by atoms with Gasteiger partial charge in [0.25, 0.3) is 5.91 Å². The Morgan fingerprint density at radius 1 is 0.798 bits per heavy atom. The zero-order valence-corrected chi connectivity index (χ0v) is 49.3. The average molecular weight is 1250 g/mol. The molecule has 27 heteroatoms. The predicted octanol–water partition coefficient (Wildman–Crippen LogP) is 6.63. The van der Waals surface area contributed by atoms with E-state index in [1.165, 1.54) is 59.8 Å². The average Bonchev–Trinajstić information content (AvgIpc) is 4.34. The van der Waals surface area contributed by atoms with Gasteiger partial charge >= 0.3 is 6.09 Å². The fourth-order valence-corrected chi connectivity index (χ4v) is 10.5. The van der Waals surface area contributed by atoms with Crippen molar-refractivity contribution in [3.8, 4) is 0 Å². The lowest BCUT2D eigenvalue weighted by Gasteiger charge is -2.39. The highest BCUT2D eigenvalue weighted by Gasteiger charge is 2.33. The molecule has 2 atom stereocenters. The minimum absolute atomic E-state index is 0.00706. The van der Waals surface area contributed by atoms with E-state index in [-0.39, 0.29) is 79.4 Å². The summed E-state index contributed by atoms with van der Waals surface area (Å²) in [6.07, 6.45) is 7.70. The SMILES string of the molecule is C=CC(=O)N1CCN([C@@H](CC2CC2)c2ccc([C@H](C)Nc3ncc4c(n3)N(CCOCCOCCOCCOCCOCCOCCNS(=O)(=O)c3ccc(Nc5ncc(Br)c(Nc6cccc(F)c6C(N)=O)n5)cc3)C(=O)OC4)cc2)CC1. The minimum Gasteiger partial charge on any atom is -0.444 e. The van der Waals surface area contributed by atoms with Gasteiger partial charge in [0.15, 0.2) is 0 Å². The molecule has 1 saturated carbocycles. The number of benzene rings is 3. The molecule has 0 radical (unpaired) electrons. The number of rotatable bonds is 36. The van der Waals surface area contributed by atoms with E-state index in [1.54, 1.807) is 18.3 Å². The normalized spacial score (nSPS) is 15.2. The molecular formula is C57H72BrFN12O12S. The van der Waals surface area contributed by atoms with Crippen LogP contribution in [0.4, 0.5) is 44.1 Å². The molecule has 0 spiro atoms. The second-order valence-corrected chi connectivity index (χ2v) is 22.4. The number of nitrogens with two attached hydrogens (primary N) is 1. The van der Waals surface area contributed by atoms with Crippen LogP contribution in [0.1, 0.15) is 65.3 Å². The Bertz CT molecular complexity index is 3090. The largest absolute Gasteiger partial charge is 0.444 e. The number of primary amides is 1. The van der Waals surface area contributed by atoms with Crippen molar-refractivity contribution in [2.45, 2.75) is 49.8 Å². The fraction of sp³-hybridized carbons (Fsp3) is 0.456. The number of cyclic esters (lactones) is 1. The molecular weight excluding hydrogens is 1180 g/mol. The summed E-state index contributed by atoms with van der Waals surface area (Å²) in [5.74, 6) is 0.261. The van der Waals surface area contributed by atoms with Crippen LogP contribution >= 0.6 is 15.9 Å². The van der Waals surface area contributed by atoms with Crippen LogP contribution < -0.4 is 31.3 Å². The van der Waals surface area contributed by atoms with Crippen molar-refractivity contribution < 1.29 is 60.3 Å². The standard InChI is InChI=1S/C57H72BrFN12O12S/c1-3-50(72)70-20-18-69(19-21-70)49(35-40-7-8-40)42-11-9-41(10-12-42)39(2)64-55-61-36-43-38-83-57(74)71(54(43)68-55)22-24-78-26-28-80-30-32-82-34-33-81-31-29-79-27-25-77-23-17-63-84(75,76)45-15-13-44(14-16-45)65-56-62-37-46(58)53(67-56)66-48-6-4-5-47(59)51(48)52(60)73/h3-6,9-16,36-37,39-40,49,63H,1,7-8,17-35,38H2,2H3,(H2,60,73)(H,61,64,68)(H2,62,65,66,67)/t39-,49-/m0/s1. The topological polar surface area (TPSA) is 285 Å². The second kappa shape index (κ2) is 31.9. The first kappa shape index (κ1) is 63.2. The molecule has 2 fully saturated rings. The Kier molecular flexibility index (Phi) is 24.0. The molecule has 84 heavy (non-hydrogen) atoms. The zero-order valence-electron chi connectivity index (χ0n) is 46.8. The van der Waals surface area contributed by atoms with Gasteiger partial charge in [-0.2, -0.15) is 9.97 Å². The third kappa shape index (κ3) is 18.9. The highest BCUT2D eigenvalue weighted by molar-refractivity contribution is 9.10. The number of anilines is 6. The molecule has 4 heterocycles. The maximum atomic E-state index is 14.3. The van der Waals surface area contributed by atoms with E-state index in [1.807, 2.05) is 4.90 Å². The molecule has 1 saturated heterocycles. The van der Waals surface area contributed by atoms with E-state index in [2.05, 4.69) is 94.2 Å². The molecule has 5 aromatic rings. The van der Waals surface area contributed by atoms with Crippen LogP contribution in [0.15, 0.2) is 101 Å². The Morgan fingerprint density at radius 3 is 2.02 bits per heavy atom. The summed E-state index contributed by atoms with van der Waals surface area (Å²) >= 11 is 3.33. The van der Waals surface area contributed by atoms with E-state index >= 15 is 0 Å². The molecule has 3 aromatic carbocycles. The number of hydrogen-bond donors (Lipinski definition) is 5. The minimum atomic E-state index is -3.83. The van der Waals surface area contributed by atoms with Crippen molar-refractivity contribution in [1.82, 2.24) is 34.5 Å². The van der Waals surface area contributed by atoms with Gasteiger partial charge in [-0.1, -0.05) is 49.8 Å². The molecule has 452 valence electrons. The van der Waals surface area contributed by atoms with E-state index in [0.29, 0.717) is 106 Å². The molecule has 2 aromatic heterocycles. The van der Waals surface area contributed by atoms with Crippen molar-refractivity contribution in [2.24, 2.45) is 11.7 Å². The number of halogens is 2. The smallest absolute Gasteiger partial charge is 0.415 e. The number of aromatic nitrogens is 4. The number of fused-ring (bicyclic) bond motifs is 1. The number of nitrogens with zero attached hydrogens (tertiary/aromatic N) is 7. The van der Waals surface area contributed by atoms with Crippen LogP contribution in [0.25, 0.3) is 0 Å². The van der Waals surface area contributed by atoms with Gasteiger partial charge in [0.1, 0.15) is 24.1 Å². The number of ether oxygens (including phenoxy) is 7. The third-order valence-corrected chi connectivity index (χ3v) is 15.9. The Balaban J connectivity index is 0.618. The van der Waals surface area contributed by atoms with Gasteiger partial charge in [0, 0.05) is 56.8 Å². The van der Waals surface area contributed by atoms with E-state index in [0.717, 1.165) is 37.1 Å². The second-order valence-electron chi connectivity index (χ2n) is 19.8. The Labute approximate surface area is 496 Å². The van der Waals surface area contributed by atoms with Crippen LogP contribution in [0, 0.1) is 11.7 Å². The number of piperazine rings is 1. The van der Waals surface area contributed by atoms with Crippen LogP contribution in [0.2, 0.25) is 0 Å². The van der Waals surface area contributed by atoms with Crippen molar-refractivity contribution in [3.63, 3.8) is 0 Å². The Hall–Kier alpha value is -6.79. The number of nitrogens with one attached hydrogen (secondary N) is 4. The molecule has 0 unspecified atom stereocenters. The predicted molar refractivity (Wildman–Crippen MR) is 314 cm³/mol. The van der Waals surface area contributed by atoms with Gasteiger partial charge < -0.3 is 59.7 Å². The number of hydrogen-bond acceptors (Lipinski definition) is 20. The van der Waals surface area contributed by atoms with Gasteiger partial charge in [0.2, 0.25) is 27.8 Å². The third-order valence-electron chi connectivity index (χ3n) is 13.9. The maximum absolute atomic E-state index is 14.3. The molecule has 1 aliphatic carbocycles. The monoisotopic (exact) mass is 1250 g/mol. The highest BCUT2D eigenvalue weighted by atomic mass is 79.9. The number of amides is 3. The zero-order chi connectivity index (χ0) is 59.3. The lowest BCUT2D eigenvalue weighted by atomic mass is 9.96. The number of carbonyl (C=O) groups is 3. The quantitative estimate of drug-likeness (QED) is 0.0208. The first-order chi connectivity index (χ1) is 40.8. The lowest BCUT2D eigenvalue weighted by molar-refractivity contribution is -0.128. The highest BCUT2D eigenvalue weighted by Crippen LogP contribution is 2.41. The number of carbonyl (C=O) groups excluding carboxylic acids is 3. The summed E-state index contributed by atoms with van der Waals surface area (Å²) in [4.78, 5) is 60.6. The lowest BCUT2D eigenvalue weighted by Crippen LogP contribution is -2.49.